The molecule has 134 valence electrons. The minimum absolute atomic E-state index is 0.390. The van der Waals surface area contributed by atoms with Crippen molar-refractivity contribution in [2.75, 3.05) is 13.7 Å². The molecule has 24 heavy (non-hydrogen) atoms. The smallest absolute Gasteiger partial charge is 0.146 e. The third kappa shape index (κ3) is 2.70. The second-order valence-corrected chi connectivity index (χ2v) is 8.21. The molecule has 0 saturated heterocycles. The molecule has 1 heterocycles. The topological polar surface area (TPSA) is 43.2 Å². The molecule has 0 unspecified atom stereocenters. The van der Waals surface area contributed by atoms with Gasteiger partial charge in [-0.15, -0.1) is 10.2 Å². The zero-order valence-electron chi connectivity index (χ0n) is 15.5. The van der Waals surface area contributed by atoms with Gasteiger partial charge in [0.05, 0.1) is 12.6 Å². The molecular formula is C19H32N4O. The quantitative estimate of drug-likeness (QED) is 0.802. The maximum Gasteiger partial charge on any atom is 0.146 e. The molecule has 0 radical (unpaired) electrons. The molecule has 2 atom stereocenters. The zero-order valence-corrected chi connectivity index (χ0v) is 15.5. The van der Waals surface area contributed by atoms with Crippen LogP contribution in [-0.4, -0.2) is 45.5 Å². The molecule has 3 aliphatic rings. The molecule has 1 aromatic heterocycles. The summed E-state index contributed by atoms with van der Waals surface area (Å²) in [6.45, 7) is 3.88. The van der Waals surface area contributed by atoms with Gasteiger partial charge < -0.3 is 9.30 Å². The lowest BCUT2D eigenvalue weighted by Crippen LogP contribution is -2.64. The fourth-order valence-corrected chi connectivity index (χ4v) is 5.19. The van der Waals surface area contributed by atoms with Crippen molar-refractivity contribution in [2.24, 2.45) is 12.5 Å². The lowest BCUT2D eigenvalue weighted by Gasteiger charge is -2.60. The van der Waals surface area contributed by atoms with Gasteiger partial charge in [-0.3, -0.25) is 4.90 Å². The highest BCUT2D eigenvalue weighted by molar-refractivity contribution is 5.11. The number of hydrogen-bond donors (Lipinski definition) is 0. The van der Waals surface area contributed by atoms with Crippen LogP contribution in [-0.2, 0) is 18.3 Å². The van der Waals surface area contributed by atoms with Crippen molar-refractivity contribution in [2.45, 2.75) is 82.9 Å². The predicted molar refractivity (Wildman–Crippen MR) is 93.8 cm³/mol. The first kappa shape index (κ1) is 16.5. The molecule has 0 N–H and O–H groups in total. The highest BCUT2D eigenvalue weighted by Gasteiger charge is 2.56. The summed E-state index contributed by atoms with van der Waals surface area (Å²) in [5.74, 6) is 2.97. The van der Waals surface area contributed by atoms with Crippen molar-refractivity contribution >= 4 is 0 Å². The minimum atomic E-state index is 0.390. The zero-order chi connectivity index (χ0) is 16.7. The third-order valence-electron chi connectivity index (χ3n) is 6.76. The van der Waals surface area contributed by atoms with Crippen LogP contribution in [0.25, 0.3) is 0 Å². The fourth-order valence-electron chi connectivity index (χ4n) is 5.19. The van der Waals surface area contributed by atoms with Crippen molar-refractivity contribution in [1.82, 2.24) is 19.7 Å². The van der Waals surface area contributed by atoms with Crippen molar-refractivity contribution in [1.29, 1.82) is 0 Å². The van der Waals surface area contributed by atoms with Gasteiger partial charge in [-0.25, -0.2) is 0 Å². The number of ether oxygens (including phenoxy) is 1. The second-order valence-electron chi connectivity index (χ2n) is 8.21. The molecule has 1 aromatic rings. The van der Waals surface area contributed by atoms with Crippen LogP contribution in [0.4, 0.5) is 0 Å². The van der Waals surface area contributed by atoms with Gasteiger partial charge in [0.1, 0.15) is 11.6 Å². The summed E-state index contributed by atoms with van der Waals surface area (Å²) >= 11 is 0. The van der Waals surface area contributed by atoms with E-state index in [0.717, 1.165) is 19.0 Å². The number of aromatic nitrogens is 3. The summed E-state index contributed by atoms with van der Waals surface area (Å²) in [5.41, 5.74) is 0.390. The number of rotatable bonds is 6. The summed E-state index contributed by atoms with van der Waals surface area (Å²) in [5, 5.41) is 8.93. The van der Waals surface area contributed by atoms with Crippen LogP contribution in [0.1, 0.15) is 75.9 Å². The molecule has 5 nitrogen and oxygen atoms in total. The Balaban J connectivity index is 1.46. The van der Waals surface area contributed by atoms with Crippen molar-refractivity contribution in [3.05, 3.63) is 11.6 Å². The van der Waals surface area contributed by atoms with Crippen LogP contribution in [0.2, 0.25) is 0 Å². The van der Waals surface area contributed by atoms with Crippen LogP contribution >= 0.6 is 0 Å². The molecule has 1 spiro atoms. The van der Waals surface area contributed by atoms with E-state index in [0.29, 0.717) is 23.5 Å². The van der Waals surface area contributed by atoms with E-state index in [9.17, 15) is 0 Å². The van der Waals surface area contributed by atoms with Gasteiger partial charge in [0.2, 0.25) is 0 Å². The fraction of sp³-hybridized carbons (Fsp3) is 0.895. The average molecular weight is 332 g/mol. The Kier molecular flexibility index (Phi) is 4.42. The molecule has 4 rings (SSSR count). The minimum Gasteiger partial charge on any atom is -0.378 e. The Hall–Kier alpha value is -0.940. The molecule has 0 aromatic carbocycles. The van der Waals surface area contributed by atoms with Crippen molar-refractivity contribution in [3.63, 3.8) is 0 Å². The van der Waals surface area contributed by atoms with E-state index in [-0.39, 0.29) is 0 Å². The standard InChI is InChI=1S/C19H32N4O/c1-4-24-16-12-15(19(16)10-6-5-7-11-19)22(2)13-17-20-21-18(23(17)3)14-8-9-14/h14-16H,4-13H2,1-3H3/t15-,16+/m0/s1. The Bertz CT molecular complexity index is 574. The lowest BCUT2D eigenvalue weighted by atomic mass is 9.54. The normalized spacial score (nSPS) is 29.2. The van der Waals surface area contributed by atoms with E-state index in [1.807, 2.05) is 0 Å². The molecular weight excluding hydrogens is 300 g/mol. The van der Waals surface area contributed by atoms with Crippen LogP contribution in [0.15, 0.2) is 0 Å². The van der Waals surface area contributed by atoms with Crippen LogP contribution in [0.3, 0.4) is 0 Å². The van der Waals surface area contributed by atoms with Gasteiger partial charge >= 0.3 is 0 Å². The summed E-state index contributed by atoms with van der Waals surface area (Å²) in [6, 6.07) is 0.635. The number of nitrogens with zero attached hydrogens (tertiary/aromatic N) is 4. The highest BCUT2D eigenvalue weighted by Crippen LogP contribution is 2.55. The first-order valence-corrected chi connectivity index (χ1v) is 9.85. The molecule has 3 fully saturated rings. The van der Waals surface area contributed by atoms with E-state index >= 15 is 0 Å². The first-order valence-electron chi connectivity index (χ1n) is 9.85. The summed E-state index contributed by atoms with van der Waals surface area (Å²) in [7, 11) is 4.41. The van der Waals surface area contributed by atoms with Gasteiger partial charge in [0.15, 0.2) is 0 Å². The van der Waals surface area contributed by atoms with E-state index in [4.69, 9.17) is 4.74 Å². The monoisotopic (exact) mass is 332 g/mol. The average Bonchev–Trinajstić information content (AvgIpc) is 3.37. The first-order chi connectivity index (χ1) is 11.7. The van der Waals surface area contributed by atoms with Gasteiger partial charge in [-0.1, -0.05) is 19.3 Å². The summed E-state index contributed by atoms with van der Waals surface area (Å²) in [4.78, 5) is 2.53. The van der Waals surface area contributed by atoms with Gasteiger partial charge in [-0.2, -0.15) is 0 Å². The molecule has 5 heteroatoms. The SMILES string of the molecule is CCO[C@@H]1C[C@H](N(C)Cc2nnc(C3CC3)n2C)C12CCCCC2. The maximum atomic E-state index is 6.11. The Morgan fingerprint density at radius 3 is 2.62 bits per heavy atom. The van der Waals surface area contributed by atoms with E-state index in [1.54, 1.807) is 0 Å². The van der Waals surface area contributed by atoms with Gasteiger partial charge in [0.25, 0.3) is 0 Å². The van der Waals surface area contributed by atoms with Crippen LogP contribution in [0.5, 0.6) is 0 Å². The largest absolute Gasteiger partial charge is 0.378 e. The highest BCUT2D eigenvalue weighted by atomic mass is 16.5. The van der Waals surface area contributed by atoms with Crippen LogP contribution in [0, 0.1) is 5.41 Å². The Morgan fingerprint density at radius 1 is 1.21 bits per heavy atom. The third-order valence-corrected chi connectivity index (χ3v) is 6.76. The molecule has 3 aliphatic carbocycles. The van der Waals surface area contributed by atoms with Crippen LogP contribution < -0.4 is 0 Å². The van der Waals surface area contributed by atoms with E-state index in [2.05, 4.69) is 40.7 Å². The van der Waals surface area contributed by atoms with E-state index < -0.39 is 0 Å². The predicted octanol–water partition coefficient (Wildman–Crippen LogP) is 3.25. The number of hydrogen-bond acceptors (Lipinski definition) is 4. The van der Waals surface area contributed by atoms with Gasteiger partial charge in [0, 0.05) is 31.0 Å². The second kappa shape index (κ2) is 6.41. The summed E-state index contributed by atoms with van der Waals surface area (Å²) < 4.78 is 8.35. The maximum absolute atomic E-state index is 6.11. The molecule has 0 bridgehead atoms. The Morgan fingerprint density at radius 2 is 1.96 bits per heavy atom. The molecule has 3 saturated carbocycles. The van der Waals surface area contributed by atoms with Crippen molar-refractivity contribution < 1.29 is 4.74 Å². The van der Waals surface area contributed by atoms with Crippen molar-refractivity contribution in [3.8, 4) is 0 Å². The molecule has 0 aliphatic heterocycles. The van der Waals surface area contributed by atoms with E-state index in [1.165, 1.54) is 57.2 Å². The Labute approximate surface area is 145 Å². The molecule has 0 amide bonds. The lowest BCUT2D eigenvalue weighted by molar-refractivity contribution is -0.180. The van der Waals surface area contributed by atoms with Gasteiger partial charge in [-0.05, 0) is 46.1 Å². The summed E-state index contributed by atoms with van der Waals surface area (Å²) in [6.07, 6.45) is 11.0.